The smallest absolute Gasteiger partial charge is 0.430 e. The van der Waals surface area contributed by atoms with Crippen molar-refractivity contribution in [3.05, 3.63) is 94.8 Å². The van der Waals surface area contributed by atoms with Gasteiger partial charge in [-0.3, -0.25) is 14.6 Å². The van der Waals surface area contributed by atoms with Gasteiger partial charge in [-0.25, -0.2) is 4.39 Å². The number of carbonyl (C=O) groups is 2. The zero-order valence-corrected chi connectivity index (χ0v) is 28.5. The highest BCUT2D eigenvalue weighted by Gasteiger charge is 2.29. The van der Waals surface area contributed by atoms with Crippen LogP contribution in [0.1, 0.15) is 47.3 Å². The number of halogens is 4. The summed E-state index contributed by atoms with van der Waals surface area (Å²) in [7, 11) is 2.36. The highest BCUT2D eigenvalue weighted by molar-refractivity contribution is 5.94. The first-order chi connectivity index (χ1) is 23.2. The molecule has 49 heavy (non-hydrogen) atoms. The lowest BCUT2D eigenvalue weighted by molar-refractivity contribution is -0.913. The zero-order valence-electron chi connectivity index (χ0n) is 28.5. The van der Waals surface area contributed by atoms with Crippen molar-refractivity contribution >= 4 is 11.9 Å². The van der Waals surface area contributed by atoms with Gasteiger partial charge < -0.3 is 25.0 Å². The molecule has 3 aromatic carbocycles. The van der Waals surface area contributed by atoms with Crippen LogP contribution in [0.2, 0.25) is 0 Å². The number of piperazine rings is 2. The minimum Gasteiger partial charge on any atom is -0.542 e. The number of nitrogens with zero attached hydrogens (tertiary/aromatic N) is 3. The van der Waals surface area contributed by atoms with E-state index in [0.29, 0.717) is 23.7 Å². The van der Waals surface area contributed by atoms with Gasteiger partial charge in [0.1, 0.15) is 11.8 Å². The minimum atomic E-state index is -5.19. The third kappa shape index (κ3) is 11.6. The third-order valence-corrected chi connectivity index (χ3v) is 9.08. The van der Waals surface area contributed by atoms with Crippen molar-refractivity contribution in [3.8, 4) is 11.1 Å². The maximum absolute atomic E-state index is 15.0. The van der Waals surface area contributed by atoms with Crippen LogP contribution >= 0.6 is 0 Å². The third-order valence-electron chi connectivity index (χ3n) is 9.08. The van der Waals surface area contributed by atoms with Crippen LogP contribution in [0.5, 0.6) is 0 Å². The molecule has 2 aliphatic rings. The average molecular weight is 686 g/mol. The van der Waals surface area contributed by atoms with Crippen molar-refractivity contribution < 1.29 is 36.7 Å². The molecular formula is C37H47F4N5O3. The van der Waals surface area contributed by atoms with Gasteiger partial charge in [0.05, 0.1) is 26.7 Å². The Balaban J connectivity index is 0.000000698. The van der Waals surface area contributed by atoms with Gasteiger partial charge in [-0.15, -0.1) is 0 Å². The lowest BCUT2D eigenvalue weighted by Crippen LogP contribution is -2.57. The Kier molecular flexibility index (Phi) is 13.3. The Morgan fingerprint density at radius 2 is 1.59 bits per heavy atom. The van der Waals surface area contributed by atoms with E-state index in [4.69, 9.17) is 9.90 Å². The summed E-state index contributed by atoms with van der Waals surface area (Å²) in [4.78, 5) is 26.8. The van der Waals surface area contributed by atoms with E-state index in [2.05, 4.69) is 59.5 Å². The molecule has 8 nitrogen and oxygen atoms in total. The molecule has 1 amide bonds. The molecule has 0 aliphatic carbocycles. The van der Waals surface area contributed by atoms with E-state index in [1.165, 1.54) is 37.7 Å². The first kappa shape index (κ1) is 38.0. The largest absolute Gasteiger partial charge is 0.542 e. The number of carboxylic acids is 1. The van der Waals surface area contributed by atoms with Crippen molar-refractivity contribution in [3.63, 3.8) is 0 Å². The van der Waals surface area contributed by atoms with Crippen LogP contribution in [-0.2, 0) is 24.4 Å². The Morgan fingerprint density at radius 1 is 0.939 bits per heavy atom. The molecule has 0 bridgehead atoms. The molecule has 0 unspecified atom stereocenters. The highest BCUT2D eigenvalue weighted by atomic mass is 19.4. The normalized spacial score (nSPS) is 18.3. The standard InChI is InChI=1S/C35H46FN5O.C2HF3O2/c1-4-17-41(3)18-15-39(16-19-41)25-30-8-6-10-32(21-30)35(42)38-23-28-11-12-34(36)33(22-28)31-9-5-7-29(20-31)26-40-14-13-37-27(2)24-40;3-2(4,5)1(6)7/h5-12,20-22,27,37H,4,13-19,23-26H2,1-3H3;(H,6,7)/t27-;/m0./s1. The van der Waals surface area contributed by atoms with Gasteiger partial charge in [-0.1, -0.05) is 43.3 Å². The van der Waals surface area contributed by atoms with Crippen LogP contribution in [-0.4, -0.2) is 97.8 Å². The summed E-state index contributed by atoms with van der Waals surface area (Å²) in [5, 5.41) is 15.3. The number of rotatable bonds is 10. The summed E-state index contributed by atoms with van der Waals surface area (Å²) in [6.07, 6.45) is -3.98. The Morgan fingerprint density at radius 3 is 2.24 bits per heavy atom. The lowest BCUT2D eigenvalue weighted by Gasteiger charge is -2.42. The van der Waals surface area contributed by atoms with Crippen molar-refractivity contribution in [1.29, 1.82) is 0 Å². The van der Waals surface area contributed by atoms with E-state index in [-0.39, 0.29) is 11.7 Å². The van der Waals surface area contributed by atoms with Crippen LogP contribution in [0, 0.1) is 5.82 Å². The molecule has 2 N–H and O–H groups in total. The Labute approximate surface area is 286 Å². The molecule has 2 saturated heterocycles. The second kappa shape index (κ2) is 17.2. The number of alkyl halides is 3. The molecule has 0 radical (unpaired) electrons. The van der Waals surface area contributed by atoms with Crippen LogP contribution in [0.25, 0.3) is 11.1 Å². The van der Waals surface area contributed by atoms with Crippen LogP contribution in [0.4, 0.5) is 17.6 Å². The monoisotopic (exact) mass is 685 g/mol. The number of quaternary nitrogens is 1. The molecule has 5 rings (SSSR count). The molecule has 0 spiro atoms. The Hall–Kier alpha value is -3.84. The number of carbonyl (C=O) groups excluding carboxylic acids is 2. The maximum Gasteiger partial charge on any atom is 0.430 e. The summed E-state index contributed by atoms with van der Waals surface area (Å²) in [5.41, 5.74) is 5.30. The first-order valence-electron chi connectivity index (χ1n) is 16.8. The van der Waals surface area contributed by atoms with Gasteiger partial charge >= 0.3 is 6.18 Å². The molecule has 266 valence electrons. The number of likely N-dealkylation sites (N-methyl/N-ethyl adjacent to an activating group) is 1. The van der Waals surface area contributed by atoms with E-state index in [0.717, 1.165) is 67.0 Å². The van der Waals surface area contributed by atoms with Gasteiger partial charge in [0.25, 0.3) is 5.91 Å². The fraction of sp³-hybridized carbons (Fsp3) is 0.459. The molecule has 1 atom stereocenters. The fourth-order valence-corrected chi connectivity index (χ4v) is 6.42. The number of hydrogen-bond donors (Lipinski definition) is 2. The minimum absolute atomic E-state index is 0.110. The lowest BCUT2D eigenvalue weighted by atomic mass is 10.00. The van der Waals surface area contributed by atoms with Crippen molar-refractivity contribution in [2.45, 2.75) is 52.1 Å². The quantitative estimate of drug-likeness (QED) is 0.246. The number of amides is 1. The first-order valence-corrected chi connectivity index (χ1v) is 16.8. The number of nitrogens with one attached hydrogen (secondary N) is 2. The van der Waals surface area contributed by atoms with Gasteiger partial charge in [0.2, 0.25) is 0 Å². The van der Waals surface area contributed by atoms with Crippen molar-refractivity contribution in [2.24, 2.45) is 0 Å². The van der Waals surface area contributed by atoms with Crippen LogP contribution < -0.4 is 15.7 Å². The predicted molar refractivity (Wildman–Crippen MR) is 180 cm³/mol. The second-order valence-corrected chi connectivity index (χ2v) is 13.3. The van der Waals surface area contributed by atoms with Crippen molar-refractivity contribution in [1.82, 2.24) is 20.4 Å². The molecule has 0 aromatic heterocycles. The summed E-state index contributed by atoms with van der Waals surface area (Å²) < 4.78 is 47.7. The van der Waals surface area contributed by atoms with Gasteiger partial charge in [-0.05, 0) is 65.9 Å². The topological polar surface area (TPSA) is 87.7 Å². The maximum atomic E-state index is 15.0. The molecule has 2 aliphatic heterocycles. The van der Waals surface area contributed by atoms with E-state index < -0.39 is 12.1 Å². The van der Waals surface area contributed by atoms with Gasteiger partial charge in [0.15, 0.2) is 0 Å². The van der Waals surface area contributed by atoms with Gasteiger partial charge in [0, 0.05) is 69.5 Å². The van der Waals surface area contributed by atoms with E-state index in [1.54, 1.807) is 6.07 Å². The van der Waals surface area contributed by atoms with E-state index in [9.17, 15) is 22.4 Å². The molecule has 3 aromatic rings. The number of hydrogen-bond acceptors (Lipinski definition) is 6. The van der Waals surface area contributed by atoms with Gasteiger partial charge in [-0.2, -0.15) is 13.2 Å². The predicted octanol–water partition coefficient (Wildman–Crippen LogP) is 4.19. The van der Waals surface area contributed by atoms with E-state index >= 15 is 0 Å². The number of carboxylic acid groups (broad SMARTS) is 1. The molecule has 12 heteroatoms. The molecule has 2 heterocycles. The number of aliphatic carboxylic acids is 1. The highest BCUT2D eigenvalue weighted by Crippen LogP contribution is 2.26. The molecule has 2 fully saturated rings. The second-order valence-electron chi connectivity index (χ2n) is 13.3. The average Bonchev–Trinajstić information content (AvgIpc) is 3.05. The Bertz CT molecular complexity index is 1560. The summed E-state index contributed by atoms with van der Waals surface area (Å²) >= 11 is 0. The van der Waals surface area contributed by atoms with Crippen LogP contribution in [0.3, 0.4) is 0 Å². The van der Waals surface area contributed by atoms with Crippen molar-refractivity contribution in [2.75, 3.05) is 59.4 Å². The molecule has 0 saturated carbocycles. The van der Waals surface area contributed by atoms with Crippen LogP contribution in [0.15, 0.2) is 66.7 Å². The fourth-order valence-electron chi connectivity index (χ4n) is 6.42. The molecular weight excluding hydrogens is 638 g/mol. The summed E-state index contributed by atoms with van der Waals surface area (Å²) in [6.45, 7) is 15.3. The SMILES string of the molecule is CCC[N+]1(C)CCN(Cc2cccc(C(=O)NCc3ccc(F)c(-c4cccc(CN5CCN[C@@H](C)C5)c4)c3)c2)CC1.O=C([O-])C(F)(F)F. The zero-order chi connectivity index (χ0) is 35.6. The van der Waals surface area contributed by atoms with E-state index in [1.807, 2.05) is 36.4 Å². The summed E-state index contributed by atoms with van der Waals surface area (Å²) in [6, 6.07) is 21.7. The number of benzene rings is 3. The summed E-state index contributed by atoms with van der Waals surface area (Å²) in [5.74, 6) is -3.37.